The van der Waals surface area contributed by atoms with Crippen LogP contribution in [0.1, 0.15) is 17.2 Å². The van der Waals surface area contributed by atoms with Gasteiger partial charge in [0.15, 0.2) is 0 Å². The number of hydrogen-bond acceptors (Lipinski definition) is 1. The Morgan fingerprint density at radius 2 is 1.77 bits per heavy atom. The smallest absolute Gasteiger partial charge is 0.211 e. The first-order valence-corrected chi connectivity index (χ1v) is 9.38. The fraction of sp³-hybridized carbons (Fsp3) is 0.0870. The molecule has 1 unspecified atom stereocenters. The molecule has 0 bridgehead atoms. The molecule has 0 spiro atoms. The molecule has 0 aliphatic carbocycles. The molecule has 3 rings (SSSR count). The Bertz CT molecular complexity index is 980. The fourth-order valence-corrected chi connectivity index (χ4v) is 3.75. The van der Waals surface area contributed by atoms with Gasteiger partial charge in [-0.25, -0.2) is 0 Å². The van der Waals surface area contributed by atoms with Crippen LogP contribution in [-0.2, 0) is 4.79 Å². The molecule has 0 saturated heterocycles. The molecule has 3 aromatic carbocycles. The molecule has 26 heavy (non-hydrogen) atoms. The molecule has 1 amide bonds. The molecule has 1 atom stereocenters. The van der Waals surface area contributed by atoms with Crippen molar-refractivity contribution in [3.63, 3.8) is 0 Å². The van der Waals surface area contributed by atoms with Gasteiger partial charge in [0.2, 0.25) is 6.41 Å². The van der Waals surface area contributed by atoms with Crippen molar-refractivity contribution in [3.05, 3.63) is 94.1 Å². The highest BCUT2D eigenvalue weighted by Gasteiger charge is 2.19. The Morgan fingerprint density at radius 3 is 2.46 bits per heavy atom. The Hall–Kier alpha value is -2.58. The minimum atomic E-state index is -0.342. The van der Waals surface area contributed by atoms with Gasteiger partial charge in [-0.05, 0) is 51.7 Å². The van der Waals surface area contributed by atoms with Gasteiger partial charge in [0.1, 0.15) is 6.04 Å². The summed E-state index contributed by atoms with van der Waals surface area (Å²) >= 11 is 2.34. The number of carbonyl (C=O) groups excluding carboxylic acids is 1. The zero-order chi connectivity index (χ0) is 18.4. The number of nitrogens with zero attached hydrogens (tertiary/aromatic N) is 1. The van der Waals surface area contributed by atoms with E-state index in [-0.39, 0.29) is 6.04 Å². The molecule has 0 aliphatic rings. The van der Waals surface area contributed by atoms with E-state index in [4.69, 9.17) is 0 Å². The van der Waals surface area contributed by atoms with Crippen LogP contribution in [0.4, 0.5) is 0 Å². The summed E-state index contributed by atoms with van der Waals surface area (Å²) in [5.41, 5.74) is 1.96. The van der Waals surface area contributed by atoms with Crippen LogP contribution in [0.25, 0.3) is 10.8 Å². The van der Waals surface area contributed by atoms with E-state index in [0.29, 0.717) is 6.54 Å². The van der Waals surface area contributed by atoms with Crippen molar-refractivity contribution in [2.45, 2.75) is 6.04 Å². The van der Waals surface area contributed by atoms with E-state index < -0.39 is 0 Å². The van der Waals surface area contributed by atoms with Crippen molar-refractivity contribution in [1.82, 2.24) is 4.90 Å². The molecular weight excluding hydrogens is 433 g/mol. The summed E-state index contributed by atoms with van der Waals surface area (Å²) in [5.74, 6) is 6.51. The van der Waals surface area contributed by atoms with Gasteiger partial charge in [0.05, 0.1) is 0 Å². The molecule has 0 aliphatic heterocycles. The average Bonchev–Trinajstić information content (AvgIpc) is 2.68. The van der Waals surface area contributed by atoms with E-state index >= 15 is 0 Å². The van der Waals surface area contributed by atoms with Crippen LogP contribution >= 0.6 is 22.6 Å². The van der Waals surface area contributed by atoms with E-state index in [1.165, 1.54) is 0 Å². The maximum Gasteiger partial charge on any atom is 0.211 e. The van der Waals surface area contributed by atoms with Gasteiger partial charge in [0, 0.05) is 21.1 Å². The molecule has 0 heterocycles. The van der Waals surface area contributed by atoms with Gasteiger partial charge in [-0.3, -0.25) is 4.79 Å². The van der Waals surface area contributed by atoms with Crippen LogP contribution in [0, 0.1) is 15.4 Å². The van der Waals surface area contributed by atoms with Crippen LogP contribution in [0.2, 0.25) is 0 Å². The van der Waals surface area contributed by atoms with E-state index in [0.717, 1.165) is 31.9 Å². The van der Waals surface area contributed by atoms with Crippen LogP contribution < -0.4 is 0 Å². The number of hydrogen-bond donors (Lipinski definition) is 0. The van der Waals surface area contributed by atoms with Gasteiger partial charge in [-0.15, -0.1) is 6.58 Å². The third-order valence-corrected chi connectivity index (χ3v) is 5.01. The Balaban J connectivity index is 2.17. The fourth-order valence-electron chi connectivity index (χ4n) is 2.92. The number of carbonyl (C=O) groups is 1. The Kier molecular flexibility index (Phi) is 6.08. The van der Waals surface area contributed by atoms with Gasteiger partial charge in [0.25, 0.3) is 0 Å². The molecule has 3 aromatic rings. The Morgan fingerprint density at radius 1 is 1.04 bits per heavy atom. The summed E-state index contributed by atoms with van der Waals surface area (Å²) < 4.78 is 1.15. The summed E-state index contributed by atoms with van der Waals surface area (Å²) in [6.45, 7) is 4.21. The highest BCUT2D eigenvalue weighted by Crippen LogP contribution is 2.31. The molecule has 0 fully saturated rings. The quantitative estimate of drug-likeness (QED) is 0.227. The second kappa shape index (κ2) is 8.68. The largest absolute Gasteiger partial charge is 0.323 e. The lowest BCUT2D eigenvalue weighted by molar-refractivity contribution is -0.118. The van der Waals surface area contributed by atoms with E-state index in [2.05, 4.69) is 65.3 Å². The van der Waals surface area contributed by atoms with E-state index in [9.17, 15) is 4.79 Å². The minimum Gasteiger partial charge on any atom is -0.323 e. The number of rotatable bonds is 5. The van der Waals surface area contributed by atoms with Crippen molar-refractivity contribution in [2.24, 2.45) is 0 Å². The average molecular weight is 451 g/mol. The lowest BCUT2D eigenvalue weighted by Gasteiger charge is -2.25. The van der Waals surface area contributed by atoms with Crippen LogP contribution in [-0.4, -0.2) is 17.9 Å². The third kappa shape index (κ3) is 3.97. The molecule has 0 aromatic heterocycles. The normalized spacial score (nSPS) is 11.3. The van der Waals surface area contributed by atoms with Crippen molar-refractivity contribution < 1.29 is 4.79 Å². The predicted octanol–water partition coefficient (Wildman–Crippen LogP) is 5.18. The standard InChI is InChI=1S/C23H18INO/c1-2-16-25(17-26)22(15-14-18-8-4-3-5-9-18)20-12-6-10-19-11-7-13-21(24)23(19)20/h2-13,17,22H,1,16H2. The maximum atomic E-state index is 11.8. The maximum absolute atomic E-state index is 11.8. The minimum absolute atomic E-state index is 0.342. The summed E-state index contributed by atoms with van der Waals surface area (Å²) in [6.07, 6.45) is 2.57. The van der Waals surface area contributed by atoms with E-state index in [1.807, 2.05) is 42.5 Å². The van der Waals surface area contributed by atoms with Crippen molar-refractivity contribution in [3.8, 4) is 11.8 Å². The summed E-state index contributed by atoms with van der Waals surface area (Å²) in [4.78, 5) is 13.4. The van der Waals surface area contributed by atoms with Gasteiger partial charge < -0.3 is 4.90 Å². The second-order valence-corrected chi connectivity index (χ2v) is 6.98. The molecule has 0 N–H and O–H groups in total. The molecule has 2 nitrogen and oxygen atoms in total. The van der Waals surface area contributed by atoms with Crippen LogP contribution in [0.15, 0.2) is 79.4 Å². The second-order valence-electron chi connectivity index (χ2n) is 5.81. The van der Waals surface area contributed by atoms with Gasteiger partial charge in [-0.2, -0.15) is 0 Å². The monoisotopic (exact) mass is 451 g/mol. The Labute approximate surface area is 167 Å². The molecule has 0 saturated carbocycles. The third-order valence-electron chi connectivity index (χ3n) is 4.11. The first-order valence-electron chi connectivity index (χ1n) is 8.30. The number of fused-ring (bicyclic) bond motifs is 1. The topological polar surface area (TPSA) is 20.3 Å². The number of benzene rings is 3. The summed E-state index contributed by atoms with van der Waals surface area (Å²) in [7, 11) is 0. The first kappa shape index (κ1) is 18.2. The molecular formula is C23H18INO. The zero-order valence-electron chi connectivity index (χ0n) is 14.2. The van der Waals surface area contributed by atoms with Crippen molar-refractivity contribution in [1.29, 1.82) is 0 Å². The summed E-state index contributed by atoms with van der Waals surface area (Å²) in [5, 5.41) is 2.28. The molecule has 3 heteroatoms. The summed E-state index contributed by atoms with van der Waals surface area (Å²) in [6, 6.07) is 21.8. The van der Waals surface area contributed by atoms with Crippen molar-refractivity contribution >= 4 is 39.8 Å². The van der Waals surface area contributed by atoms with Crippen LogP contribution in [0.5, 0.6) is 0 Å². The van der Waals surface area contributed by atoms with Crippen LogP contribution in [0.3, 0.4) is 0 Å². The lowest BCUT2D eigenvalue weighted by atomic mass is 9.97. The lowest BCUT2D eigenvalue weighted by Crippen LogP contribution is -2.27. The van der Waals surface area contributed by atoms with Gasteiger partial charge in [-0.1, -0.05) is 66.4 Å². The highest BCUT2D eigenvalue weighted by atomic mass is 127. The predicted molar refractivity (Wildman–Crippen MR) is 116 cm³/mol. The first-order chi connectivity index (χ1) is 12.7. The molecule has 128 valence electrons. The number of halogens is 1. The van der Waals surface area contributed by atoms with Crippen molar-refractivity contribution in [2.75, 3.05) is 6.54 Å². The number of amides is 1. The zero-order valence-corrected chi connectivity index (χ0v) is 16.4. The SMILES string of the molecule is C=CCN(C=O)C(C#Cc1ccccc1)c1cccc2cccc(I)c12. The molecule has 0 radical (unpaired) electrons. The highest BCUT2D eigenvalue weighted by molar-refractivity contribution is 14.1. The van der Waals surface area contributed by atoms with E-state index in [1.54, 1.807) is 11.0 Å². The van der Waals surface area contributed by atoms with Gasteiger partial charge >= 0.3 is 0 Å².